The van der Waals surface area contributed by atoms with Crippen molar-refractivity contribution in [3.63, 3.8) is 0 Å². The molecular formula is C21H27N7O4. The number of rotatable bonds is 7. The Balaban J connectivity index is 1.23. The molecule has 0 unspecified atom stereocenters. The van der Waals surface area contributed by atoms with Gasteiger partial charge in [-0.2, -0.15) is 10.2 Å². The average molecular weight is 441 g/mol. The van der Waals surface area contributed by atoms with Crippen LogP contribution in [-0.4, -0.2) is 56.2 Å². The first-order valence-corrected chi connectivity index (χ1v) is 10.7. The second-order valence-electron chi connectivity index (χ2n) is 8.66. The molecule has 32 heavy (non-hydrogen) atoms. The summed E-state index contributed by atoms with van der Waals surface area (Å²) < 4.78 is 18.4. The molecule has 1 amide bonds. The van der Waals surface area contributed by atoms with E-state index >= 15 is 0 Å². The van der Waals surface area contributed by atoms with Gasteiger partial charge in [-0.05, 0) is 32.8 Å². The van der Waals surface area contributed by atoms with Crippen LogP contribution >= 0.6 is 0 Å². The van der Waals surface area contributed by atoms with Gasteiger partial charge in [0.1, 0.15) is 17.7 Å². The molecule has 1 saturated heterocycles. The van der Waals surface area contributed by atoms with Crippen LogP contribution < -0.4 is 10.6 Å². The van der Waals surface area contributed by atoms with Crippen LogP contribution in [0.5, 0.6) is 0 Å². The van der Waals surface area contributed by atoms with E-state index in [1.54, 1.807) is 24.0 Å². The summed E-state index contributed by atoms with van der Waals surface area (Å²) in [6.45, 7) is 4.31. The van der Waals surface area contributed by atoms with Gasteiger partial charge in [0.25, 0.3) is 0 Å². The van der Waals surface area contributed by atoms with Crippen molar-refractivity contribution >= 4 is 23.2 Å². The molecule has 3 aromatic heterocycles. The van der Waals surface area contributed by atoms with Crippen molar-refractivity contribution in [1.29, 1.82) is 0 Å². The highest BCUT2D eigenvalue weighted by Crippen LogP contribution is 2.35. The first-order chi connectivity index (χ1) is 15.4. The molecule has 3 atom stereocenters. The minimum absolute atomic E-state index is 0.103. The quantitative estimate of drug-likeness (QED) is 0.511. The van der Waals surface area contributed by atoms with Gasteiger partial charge in [0.15, 0.2) is 11.6 Å². The minimum atomic E-state index is -0.381. The van der Waals surface area contributed by atoms with Crippen molar-refractivity contribution in [2.75, 3.05) is 19.0 Å². The number of amides is 1. The summed E-state index contributed by atoms with van der Waals surface area (Å²) >= 11 is 0. The van der Waals surface area contributed by atoms with Gasteiger partial charge in [0.2, 0.25) is 0 Å². The number of hydrogen-bond acceptors (Lipinski definition) is 8. The van der Waals surface area contributed by atoms with E-state index in [2.05, 4.69) is 30.9 Å². The molecule has 11 nitrogen and oxygen atoms in total. The van der Waals surface area contributed by atoms with E-state index in [0.29, 0.717) is 24.7 Å². The van der Waals surface area contributed by atoms with Crippen molar-refractivity contribution in [3.05, 3.63) is 35.9 Å². The van der Waals surface area contributed by atoms with Gasteiger partial charge in [-0.25, -0.2) is 14.3 Å². The molecule has 0 bridgehead atoms. The number of aromatic nitrogens is 5. The number of carbonyl (C=O) groups excluding carboxylic acids is 1. The summed E-state index contributed by atoms with van der Waals surface area (Å²) in [5.41, 5.74) is 2.34. The standard InChI is InChI=1S/C21H27N7O4/c1-12(30-3)14-9-16-19(22-6-7-28(16)27-14)23-18-10-15(25-26-18)17-8-13(11-31-17)32-20(29)24-21(2)4-5-21/h6-7,9-10,12-13,17H,4-5,8,11H2,1-3H3,(H,24,29)(H2,22,23,25,26)/t12-,13-,17-/m1/s1. The zero-order valence-corrected chi connectivity index (χ0v) is 18.3. The topological polar surface area (TPSA) is 128 Å². The number of aromatic amines is 1. The first-order valence-electron chi connectivity index (χ1n) is 10.7. The summed E-state index contributed by atoms with van der Waals surface area (Å²) in [6.07, 6.45) is 5.00. The molecule has 5 rings (SSSR count). The van der Waals surface area contributed by atoms with Gasteiger partial charge in [0, 0.05) is 37.5 Å². The summed E-state index contributed by atoms with van der Waals surface area (Å²) in [4.78, 5) is 16.5. The number of methoxy groups -OCH3 is 1. The maximum Gasteiger partial charge on any atom is 0.407 e. The van der Waals surface area contributed by atoms with E-state index in [9.17, 15) is 4.79 Å². The van der Waals surface area contributed by atoms with Gasteiger partial charge < -0.3 is 24.8 Å². The van der Waals surface area contributed by atoms with Crippen LogP contribution in [0.2, 0.25) is 0 Å². The maximum absolute atomic E-state index is 12.0. The van der Waals surface area contributed by atoms with Gasteiger partial charge >= 0.3 is 6.09 Å². The fraction of sp³-hybridized carbons (Fsp3) is 0.524. The minimum Gasteiger partial charge on any atom is -0.444 e. The van der Waals surface area contributed by atoms with Crippen molar-refractivity contribution in [2.45, 2.75) is 57.0 Å². The summed E-state index contributed by atoms with van der Waals surface area (Å²) in [5, 5.41) is 18.0. The second kappa shape index (κ2) is 8.06. The lowest BCUT2D eigenvalue weighted by molar-refractivity contribution is 0.0675. The number of fused-ring (bicyclic) bond motifs is 1. The Bertz CT molecular complexity index is 1120. The lowest BCUT2D eigenvalue weighted by Gasteiger charge is -2.15. The monoisotopic (exact) mass is 441 g/mol. The van der Waals surface area contributed by atoms with Crippen molar-refractivity contribution in [2.24, 2.45) is 0 Å². The third-order valence-electron chi connectivity index (χ3n) is 6.01. The van der Waals surface area contributed by atoms with Gasteiger partial charge in [-0.15, -0.1) is 0 Å². The van der Waals surface area contributed by atoms with Crippen molar-refractivity contribution < 1.29 is 19.0 Å². The predicted molar refractivity (Wildman–Crippen MR) is 115 cm³/mol. The number of nitrogens with zero attached hydrogens (tertiary/aromatic N) is 4. The molecule has 170 valence electrons. The highest BCUT2D eigenvalue weighted by Gasteiger charge is 2.40. The Morgan fingerprint density at radius 3 is 3.03 bits per heavy atom. The molecule has 1 aliphatic carbocycles. The van der Waals surface area contributed by atoms with E-state index in [0.717, 1.165) is 29.7 Å². The van der Waals surface area contributed by atoms with Gasteiger partial charge in [-0.3, -0.25) is 5.10 Å². The molecular weight excluding hydrogens is 414 g/mol. The molecule has 3 N–H and O–H groups in total. The molecule has 0 spiro atoms. The van der Waals surface area contributed by atoms with Crippen LogP contribution in [0, 0.1) is 0 Å². The molecule has 0 aromatic carbocycles. The fourth-order valence-corrected chi connectivity index (χ4v) is 3.68. The molecule has 0 radical (unpaired) electrons. The number of nitrogens with one attached hydrogen (secondary N) is 3. The van der Waals surface area contributed by atoms with E-state index in [4.69, 9.17) is 14.2 Å². The van der Waals surface area contributed by atoms with Crippen LogP contribution in [0.4, 0.5) is 16.4 Å². The second-order valence-corrected chi connectivity index (χ2v) is 8.66. The number of alkyl carbamates (subject to hydrolysis) is 1. The maximum atomic E-state index is 12.0. The van der Waals surface area contributed by atoms with Crippen LogP contribution in [0.1, 0.15) is 56.7 Å². The predicted octanol–water partition coefficient (Wildman–Crippen LogP) is 3.01. The SMILES string of the molecule is CO[C@H](C)c1cc2c(Nc3cc([C@H]4C[C@@H](OC(=O)NC5(C)CC5)CO4)[nH]n3)nccn2n1. The van der Waals surface area contributed by atoms with Gasteiger partial charge in [-0.1, -0.05) is 0 Å². The molecule has 11 heteroatoms. The summed E-state index contributed by atoms with van der Waals surface area (Å²) in [6, 6.07) is 3.81. The Hall–Kier alpha value is -3.18. The Morgan fingerprint density at radius 1 is 1.41 bits per heavy atom. The van der Waals surface area contributed by atoms with Crippen molar-refractivity contribution in [3.8, 4) is 0 Å². The number of anilines is 2. The lowest BCUT2D eigenvalue weighted by Crippen LogP contribution is -2.37. The summed E-state index contributed by atoms with van der Waals surface area (Å²) in [7, 11) is 1.65. The molecule has 2 fully saturated rings. The number of carbonyl (C=O) groups is 1. The third-order valence-corrected chi connectivity index (χ3v) is 6.01. The van der Waals surface area contributed by atoms with E-state index in [-0.39, 0.29) is 29.9 Å². The lowest BCUT2D eigenvalue weighted by atomic mass is 10.1. The normalized spacial score (nSPS) is 22.6. The zero-order chi connectivity index (χ0) is 22.3. The van der Waals surface area contributed by atoms with E-state index < -0.39 is 0 Å². The van der Waals surface area contributed by atoms with Crippen molar-refractivity contribution in [1.82, 2.24) is 30.1 Å². The van der Waals surface area contributed by atoms with E-state index in [1.807, 2.05) is 26.0 Å². The Labute approximate surface area is 184 Å². The molecule has 3 aromatic rings. The summed E-state index contributed by atoms with van der Waals surface area (Å²) in [5.74, 6) is 1.24. The average Bonchev–Trinajstić information content (AvgIpc) is 3.20. The van der Waals surface area contributed by atoms with Crippen LogP contribution in [0.15, 0.2) is 24.5 Å². The number of ether oxygens (including phenoxy) is 3. The zero-order valence-electron chi connectivity index (χ0n) is 18.3. The van der Waals surface area contributed by atoms with Crippen LogP contribution in [-0.2, 0) is 14.2 Å². The largest absolute Gasteiger partial charge is 0.444 e. The third kappa shape index (κ3) is 4.26. The molecule has 2 aliphatic rings. The van der Waals surface area contributed by atoms with Crippen LogP contribution in [0.25, 0.3) is 5.52 Å². The Morgan fingerprint density at radius 2 is 2.25 bits per heavy atom. The molecule has 4 heterocycles. The highest BCUT2D eigenvalue weighted by molar-refractivity contribution is 5.72. The molecule has 1 aliphatic heterocycles. The highest BCUT2D eigenvalue weighted by atomic mass is 16.6. The van der Waals surface area contributed by atoms with Gasteiger partial charge in [0.05, 0.1) is 24.1 Å². The Kier molecular flexibility index (Phi) is 5.22. The number of hydrogen-bond donors (Lipinski definition) is 3. The smallest absolute Gasteiger partial charge is 0.407 e. The first kappa shape index (κ1) is 20.7. The molecule has 1 saturated carbocycles. The number of H-pyrrole nitrogens is 1. The van der Waals surface area contributed by atoms with Crippen LogP contribution in [0.3, 0.4) is 0 Å². The van der Waals surface area contributed by atoms with E-state index in [1.165, 1.54) is 0 Å². The fourth-order valence-electron chi connectivity index (χ4n) is 3.68.